The maximum absolute atomic E-state index is 12.7. The summed E-state index contributed by atoms with van der Waals surface area (Å²) in [5.41, 5.74) is 2.48. The van der Waals surface area contributed by atoms with E-state index in [-0.39, 0.29) is 5.97 Å². The Labute approximate surface area is 258 Å². The largest absolute Gasteiger partial charge is 0.425 e. The highest BCUT2D eigenvalue weighted by molar-refractivity contribution is 5.91. The molecule has 0 aliphatic rings. The number of nitriles is 1. The van der Waals surface area contributed by atoms with Crippen LogP contribution in [0.1, 0.15) is 114 Å². The molecule has 1 atom stereocenters. The fourth-order valence-electron chi connectivity index (χ4n) is 5.14. The van der Waals surface area contributed by atoms with Crippen LogP contribution in [0.2, 0.25) is 0 Å². The van der Waals surface area contributed by atoms with Crippen LogP contribution in [-0.2, 0) is 11.2 Å². The average molecular weight is 582 g/mol. The molecule has 0 radical (unpaired) electrons. The number of rotatable bonds is 18. The van der Waals surface area contributed by atoms with Crippen molar-refractivity contribution in [2.45, 2.75) is 104 Å². The first-order chi connectivity index (χ1) is 20.9. The van der Waals surface area contributed by atoms with Gasteiger partial charge in [-0.1, -0.05) is 114 Å². The van der Waals surface area contributed by atoms with Crippen LogP contribution in [0.5, 0.6) is 11.5 Å². The molecule has 0 aliphatic carbocycles. The van der Waals surface area contributed by atoms with Gasteiger partial charge in [-0.25, -0.2) is 9.59 Å². The highest BCUT2D eigenvalue weighted by atomic mass is 16.5. The second-order valence-corrected chi connectivity index (χ2v) is 11.7. The summed E-state index contributed by atoms with van der Waals surface area (Å²) in [6.45, 7) is 5.80. The molecule has 228 valence electrons. The molecule has 0 N–H and O–H groups in total. The van der Waals surface area contributed by atoms with Crippen molar-refractivity contribution in [2.75, 3.05) is 0 Å². The molecule has 0 aromatic heterocycles. The van der Waals surface area contributed by atoms with Crippen molar-refractivity contribution in [2.24, 2.45) is 5.41 Å². The van der Waals surface area contributed by atoms with Crippen molar-refractivity contribution < 1.29 is 19.1 Å². The van der Waals surface area contributed by atoms with Gasteiger partial charge in [0.05, 0.1) is 11.6 Å². The molecule has 0 saturated carbocycles. The number of aryl methyl sites for hydroxylation is 1. The van der Waals surface area contributed by atoms with E-state index >= 15 is 0 Å². The Morgan fingerprint density at radius 2 is 1.14 bits per heavy atom. The zero-order valence-corrected chi connectivity index (χ0v) is 26.2. The molecule has 5 nitrogen and oxygen atoms in total. The van der Waals surface area contributed by atoms with Crippen LogP contribution in [0.4, 0.5) is 0 Å². The van der Waals surface area contributed by atoms with Crippen molar-refractivity contribution >= 4 is 11.9 Å². The lowest BCUT2D eigenvalue weighted by Gasteiger charge is -2.18. The first kappa shape index (κ1) is 33.6. The van der Waals surface area contributed by atoms with Crippen molar-refractivity contribution in [1.82, 2.24) is 0 Å². The summed E-state index contributed by atoms with van der Waals surface area (Å²) in [5.74, 6) is -0.0526. The predicted octanol–water partition coefficient (Wildman–Crippen LogP) is 10.3. The quantitative estimate of drug-likeness (QED) is 0.0848. The van der Waals surface area contributed by atoms with E-state index in [1.54, 1.807) is 31.2 Å². The Bertz CT molecular complexity index is 1310. The second kappa shape index (κ2) is 17.9. The van der Waals surface area contributed by atoms with Gasteiger partial charge in [0.2, 0.25) is 0 Å². The molecule has 0 heterocycles. The summed E-state index contributed by atoms with van der Waals surface area (Å²) in [6, 6.07) is 24.3. The van der Waals surface area contributed by atoms with Gasteiger partial charge in [0.1, 0.15) is 11.5 Å². The van der Waals surface area contributed by atoms with Gasteiger partial charge < -0.3 is 9.47 Å². The first-order valence-corrected chi connectivity index (χ1v) is 16.0. The van der Waals surface area contributed by atoms with E-state index in [2.05, 4.69) is 13.0 Å². The monoisotopic (exact) mass is 581 g/mol. The van der Waals surface area contributed by atoms with Crippen molar-refractivity contribution in [3.05, 3.63) is 83.9 Å². The van der Waals surface area contributed by atoms with E-state index in [0.717, 1.165) is 24.0 Å². The second-order valence-electron chi connectivity index (χ2n) is 11.7. The third-order valence-electron chi connectivity index (χ3n) is 7.92. The lowest BCUT2D eigenvalue weighted by Crippen LogP contribution is -2.30. The summed E-state index contributed by atoms with van der Waals surface area (Å²) in [6.07, 6.45) is 15.5. The molecule has 3 aromatic rings. The Morgan fingerprint density at radius 3 is 1.63 bits per heavy atom. The molecule has 5 heteroatoms. The molecule has 0 saturated heterocycles. The molecule has 3 aromatic carbocycles. The van der Waals surface area contributed by atoms with Gasteiger partial charge in [-0.3, -0.25) is 0 Å². The van der Waals surface area contributed by atoms with E-state index in [9.17, 15) is 14.9 Å². The molecule has 43 heavy (non-hydrogen) atoms. The minimum Gasteiger partial charge on any atom is -0.425 e. The van der Waals surface area contributed by atoms with Gasteiger partial charge in [-0.15, -0.1) is 0 Å². The number of nitrogens with zero attached hydrogens (tertiary/aromatic N) is 1. The van der Waals surface area contributed by atoms with E-state index < -0.39 is 11.4 Å². The van der Waals surface area contributed by atoms with Crippen LogP contribution in [0.15, 0.2) is 72.8 Å². The summed E-state index contributed by atoms with van der Waals surface area (Å²) in [7, 11) is 0. The first-order valence-electron chi connectivity index (χ1n) is 16.0. The normalized spacial score (nSPS) is 12.2. The summed E-state index contributed by atoms with van der Waals surface area (Å²) in [5, 5.41) is 9.41. The topological polar surface area (TPSA) is 76.4 Å². The molecule has 3 rings (SSSR count). The standard InChI is InChI=1S/C38H47NO4/c1-4-6-7-8-9-10-11-12-13-14-15-30-16-18-33(19-17-30)36(40)42-34-24-20-31(21-25-34)32-22-26-35(27-23-32)43-37(41)38(3,29-39)28-5-2/h16-27H,4-15,28H2,1-3H3. The molecular formula is C38H47NO4. The number of ether oxygens (including phenoxy) is 2. The lowest BCUT2D eigenvalue weighted by molar-refractivity contribution is -0.142. The highest BCUT2D eigenvalue weighted by Gasteiger charge is 2.34. The Balaban J connectivity index is 1.42. The third kappa shape index (κ3) is 11.0. The summed E-state index contributed by atoms with van der Waals surface area (Å²) < 4.78 is 11.1. The van der Waals surface area contributed by atoms with Crippen molar-refractivity contribution in [3.8, 4) is 28.7 Å². The van der Waals surface area contributed by atoms with Crippen molar-refractivity contribution in [1.29, 1.82) is 5.26 Å². The van der Waals surface area contributed by atoms with E-state index in [1.165, 1.54) is 69.8 Å². The number of hydrogen-bond acceptors (Lipinski definition) is 5. The number of hydrogen-bond donors (Lipinski definition) is 0. The van der Waals surface area contributed by atoms with Gasteiger partial charge in [0, 0.05) is 0 Å². The number of carbonyl (C=O) groups excluding carboxylic acids is 2. The molecule has 0 aliphatic heterocycles. The Morgan fingerprint density at radius 1 is 0.651 bits per heavy atom. The van der Waals surface area contributed by atoms with Crippen LogP contribution in [0.3, 0.4) is 0 Å². The molecule has 0 spiro atoms. The molecule has 1 unspecified atom stereocenters. The van der Waals surface area contributed by atoms with Crippen LogP contribution in [0.25, 0.3) is 11.1 Å². The maximum atomic E-state index is 12.7. The smallest absolute Gasteiger partial charge is 0.343 e. The molecule has 0 amide bonds. The van der Waals surface area contributed by atoms with Crippen LogP contribution in [-0.4, -0.2) is 11.9 Å². The number of benzene rings is 3. The van der Waals surface area contributed by atoms with Crippen LogP contribution in [0, 0.1) is 16.7 Å². The fraction of sp³-hybridized carbons (Fsp3) is 0.447. The highest BCUT2D eigenvalue weighted by Crippen LogP contribution is 2.28. The molecule has 0 fully saturated rings. The zero-order valence-electron chi connectivity index (χ0n) is 26.2. The van der Waals surface area contributed by atoms with Crippen molar-refractivity contribution in [3.63, 3.8) is 0 Å². The van der Waals surface area contributed by atoms with Gasteiger partial charge in [0.25, 0.3) is 0 Å². The Kier molecular flexibility index (Phi) is 14.0. The fourth-order valence-corrected chi connectivity index (χ4v) is 5.14. The number of carbonyl (C=O) groups is 2. The van der Waals surface area contributed by atoms with Gasteiger partial charge in [0.15, 0.2) is 5.41 Å². The predicted molar refractivity (Wildman–Crippen MR) is 173 cm³/mol. The van der Waals surface area contributed by atoms with E-state index in [0.29, 0.717) is 23.5 Å². The van der Waals surface area contributed by atoms with E-state index in [1.807, 2.05) is 55.5 Å². The minimum atomic E-state index is -1.16. The van der Waals surface area contributed by atoms with Gasteiger partial charge >= 0.3 is 11.9 Å². The summed E-state index contributed by atoms with van der Waals surface area (Å²) >= 11 is 0. The molecular weight excluding hydrogens is 534 g/mol. The van der Waals surface area contributed by atoms with Crippen LogP contribution >= 0.6 is 0 Å². The average Bonchev–Trinajstić information content (AvgIpc) is 3.03. The maximum Gasteiger partial charge on any atom is 0.343 e. The molecule has 0 bridgehead atoms. The minimum absolute atomic E-state index is 0.378. The van der Waals surface area contributed by atoms with E-state index in [4.69, 9.17) is 9.47 Å². The SMILES string of the molecule is CCCCCCCCCCCCc1ccc(C(=O)Oc2ccc(-c3ccc(OC(=O)C(C)(C#N)CCC)cc3)cc2)cc1. The number of esters is 2. The number of unbranched alkanes of at least 4 members (excludes halogenated alkanes) is 9. The Hall–Kier alpha value is -3.91. The van der Waals surface area contributed by atoms with Gasteiger partial charge in [-0.05, 0) is 79.3 Å². The van der Waals surface area contributed by atoms with Crippen LogP contribution < -0.4 is 9.47 Å². The third-order valence-corrected chi connectivity index (χ3v) is 7.92. The van der Waals surface area contributed by atoms with Gasteiger partial charge in [-0.2, -0.15) is 5.26 Å². The zero-order chi connectivity index (χ0) is 30.9. The summed E-state index contributed by atoms with van der Waals surface area (Å²) in [4.78, 5) is 25.2. The lowest BCUT2D eigenvalue weighted by atomic mass is 9.87.